The summed E-state index contributed by atoms with van der Waals surface area (Å²) >= 11 is 0. The third-order valence-electron chi connectivity index (χ3n) is 4.76. The summed E-state index contributed by atoms with van der Waals surface area (Å²) in [6, 6.07) is 0. The van der Waals surface area contributed by atoms with Crippen molar-refractivity contribution in [2.24, 2.45) is 0 Å². The van der Waals surface area contributed by atoms with Gasteiger partial charge in [0.25, 0.3) is 5.91 Å². The first-order valence-corrected chi connectivity index (χ1v) is 7.95. The molecule has 0 saturated heterocycles. The van der Waals surface area contributed by atoms with Gasteiger partial charge in [0.15, 0.2) is 5.69 Å². The number of rotatable bonds is 4. The monoisotopic (exact) mass is 316 g/mol. The highest BCUT2D eigenvalue weighted by Gasteiger charge is 2.46. The highest BCUT2D eigenvalue weighted by molar-refractivity contribution is 5.94. The summed E-state index contributed by atoms with van der Waals surface area (Å²) in [5.41, 5.74) is 2.24. The normalized spacial score (nSPS) is 25.0. The molecule has 1 amide bonds. The number of aromatic nitrogens is 5. The minimum Gasteiger partial charge on any atom is -0.369 e. The predicted molar refractivity (Wildman–Crippen MR) is 80.8 cm³/mol. The van der Waals surface area contributed by atoms with Gasteiger partial charge in [0.05, 0.1) is 23.4 Å². The zero-order valence-electron chi connectivity index (χ0n) is 13.2. The van der Waals surface area contributed by atoms with E-state index in [0.717, 1.165) is 24.1 Å². The van der Waals surface area contributed by atoms with Crippen molar-refractivity contribution < 1.29 is 9.53 Å². The molecule has 0 unspecified atom stereocenters. The topological polar surface area (TPSA) is 97.7 Å². The van der Waals surface area contributed by atoms with Crippen LogP contribution in [0.1, 0.15) is 54.5 Å². The molecular formula is C15H20N6O2. The van der Waals surface area contributed by atoms with E-state index in [1.54, 1.807) is 6.33 Å². The number of ether oxygens (including phenoxy) is 1. The fraction of sp³-hybridized carbons (Fsp3) is 0.600. The van der Waals surface area contributed by atoms with Gasteiger partial charge in [-0.15, -0.1) is 0 Å². The molecule has 3 heterocycles. The number of aromatic amines is 1. The molecule has 4 rings (SSSR count). The summed E-state index contributed by atoms with van der Waals surface area (Å²) < 4.78 is 7.60. The maximum atomic E-state index is 12.6. The van der Waals surface area contributed by atoms with Crippen LogP contribution in [-0.2, 0) is 16.7 Å². The standard InChI is InChI=1S/C15H20N6O2/c1-9-5-11-12(10(2)23-9)19-20-13(11)14(22)17-6-15(3-4-15)21-8-16-7-18-21/h7-10H,3-6H2,1-2H3,(H,17,22)(H,19,20)/t9-,10+/m1/s1. The molecule has 1 fully saturated rings. The predicted octanol–water partition coefficient (Wildman–Crippen LogP) is 0.942. The van der Waals surface area contributed by atoms with E-state index in [4.69, 9.17) is 4.74 Å². The van der Waals surface area contributed by atoms with Crippen LogP contribution in [0.15, 0.2) is 12.7 Å². The number of fused-ring (bicyclic) bond motifs is 1. The molecule has 0 bridgehead atoms. The van der Waals surface area contributed by atoms with Gasteiger partial charge in [0, 0.05) is 18.5 Å². The molecule has 2 aromatic heterocycles. The number of carbonyl (C=O) groups excluding carboxylic acids is 1. The van der Waals surface area contributed by atoms with Crippen molar-refractivity contribution in [3.63, 3.8) is 0 Å². The average Bonchev–Trinajstić information content (AvgIpc) is 2.95. The molecule has 122 valence electrons. The van der Waals surface area contributed by atoms with Crippen LogP contribution < -0.4 is 5.32 Å². The third kappa shape index (κ3) is 2.42. The number of hydrogen-bond acceptors (Lipinski definition) is 5. The second kappa shape index (κ2) is 5.16. The first-order chi connectivity index (χ1) is 11.1. The van der Waals surface area contributed by atoms with Gasteiger partial charge in [-0.3, -0.25) is 9.89 Å². The molecule has 0 radical (unpaired) electrons. The number of H-pyrrole nitrogens is 1. The van der Waals surface area contributed by atoms with E-state index >= 15 is 0 Å². The highest BCUT2D eigenvalue weighted by Crippen LogP contribution is 2.42. The Morgan fingerprint density at radius 2 is 2.35 bits per heavy atom. The van der Waals surface area contributed by atoms with Gasteiger partial charge in [0.1, 0.15) is 12.7 Å². The molecule has 23 heavy (non-hydrogen) atoms. The zero-order chi connectivity index (χ0) is 16.0. The molecule has 1 aliphatic carbocycles. The van der Waals surface area contributed by atoms with Crippen molar-refractivity contribution in [1.29, 1.82) is 0 Å². The minimum absolute atomic E-state index is 0.0623. The lowest BCUT2D eigenvalue weighted by Crippen LogP contribution is -2.36. The van der Waals surface area contributed by atoms with Crippen LogP contribution in [0.4, 0.5) is 0 Å². The molecular weight excluding hydrogens is 296 g/mol. The summed E-state index contributed by atoms with van der Waals surface area (Å²) in [6.45, 7) is 4.52. The van der Waals surface area contributed by atoms with Gasteiger partial charge < -0.3 is 10.1 Å². The molecule has 2 aliphatic rings. The van der Waals surface area contributed by atoms with Crippen LogP contribution in [0.3, 0.4) is 0 Å². The van der Waals surface area contributed by atoms with Crippen LogP contribution >= 0.6 is 0 Å². The van der Waals surface area contributed by atoms with Crippen molar-refractivity contribution in [2.75, 3.05) is 6.54 Å². The first-order valence-electron chi connectivity index (χ1n) is 7.95. The molecule has 2 atom stereocenters. The van der Waals surface area contributed by atoms with Crippen LogP contribution in [0.2, 0.25) is 0 Å². The lowest BCUT2D eigenvalue weighted by atomic mass is 9.99. The minimum atomic E-state index is -0.143. The number of nitrogens with one attached hydrogen (secondary N) is 2. The van der Waals surface area contributed by atoms with E-state index in [1.165, 1.54) is 6.33 Å². The molecule has 0 spiro atoms. The highest BCUT2D eigenvalue weighted by atomic mass is 16.5. The van der Waals surface area contributed by atoms with E-state index < -0.39 is 0 Å². The Hall–Kier alpha value is -2.22. The van der Waals surface area contributed by atoms with Crippen molar-refractivity contribution in [2.45, 2.75) is 50.9 Å². The summed E-state index contributed by atoms with van der Waals surface area (Å²) in [5, 5.41) is 14.4. The molecule has 1 aliphatic heterocycles. The fourth-order valence-electron chi connectivity index (χ4n) is 3.27. The number of carbonyl (C=O) groups is 1. The van der Waals surface area contributed by atoms with Crippen LogP contribution in [0, 0.1) is 0 Å². The molecule has 1 saturated carbocycles. The number of nitrogens with zero attached hydrogens (tertiary/aromatic N) is 4. The molecule has 8 heteroatoms. The van der Waals surface area contributed by atoms with Crippen molar-refractivity contribution in [3.05, 3.63) is 29.6 Å². The maximum absolute atomic E-state index is 12.6. The quantitative estimate of drug-likeness (QED) is 0.875. The van der Waals surface area contributed by atoms with Crippen LogP contribution in [0.5, 0.6) is 0 Å². The maximum Gasteiger partial charge on any atom is 0.272 e. The Kier molecular flexibility index (Phi) is 3.22. The lowest BCUT2D eigenvalue weighted by molar-refractivity contribution is -0.00697. The summed E-state index contributed by atoms with van der Waals surface area (Å²) in [4.78, 5) is 16.5. The Morgan fingerprint density at radius 3 is 3.04 bits per heavy atom. The number of amides is 1. The van der Waals surface area contributed by atoms with Gasteiger partial charge in [-0.05, 0) is 26.7 Å². The zero-order valence-corrected chi connectivity index (χ0v) is 13.2. The van der Waals surface area contributed by atoms with Gasteiger partial charge in [-0.25, -0.2) is 9.67 Å². The van der Waals surface area contributed by atoms with Crippen LogP contribution in [-0.4, -0.2) is 43.5 Å². The van der Waals surface area contributed by atoms with E-state index in [0.29, 0.717) is 18.7 Å². The van der Waals surface area contributed by atoms with Crippen molar-refractivity contribution in [1.82, 2.24) is 30.3 Å². The van der Waals surface area contributed by atoms with Crippen LogP contribution in [0.25, 0.3) is 0 Å². The summed E-state index contributed by atoms with van der Waals surface area (Å²) in [5.74, 6) is -0.143. The van der Waals surface area contributed by atoms with Gasteiger partial charge in [0.2, 0.25) is 0 Å². The van der Waals surface area contributed by atoms with E-state index in [1.807, 2.05) is 18.5 Å². The molecule has 2 aromatic rings. The smallest absolute Gasteiger partial charge is 0.272 e. The van der Waals surface area contributed by atoms with Crippen molar-refractivity contribution in [3.8, 4) is 0 Å². The average molecular weight is 316 g/mol. The van der Waals surface area contributed by atoms with Crippen molar-refractivity contribution >= 4 is 5.91 Å². The Balaban J connectivity index is 1.49. The number of hydrogen-bond donors (Lipinski definition) is 2. The van der Waals surface area contributed by atoms with Gasteiger partial charge in [-0.1, -0.05) is 0 Å². The summed E-state index contributed by atoms with van der Waals surface area (Å²) in [6.07, 6.45) is 5.95. The van der Waals surface area contributed by atoms with Gasteiger partial charge in [-0.2, -0.15) is 10.2 Å². The lowest BCUT2D eigenvalue weighted by Gasteiger charge is -2.25. The molecule has 8 nitrogen and oxygen atoms in total. The Bertz CT molecular complexity index is 718. The van der Waals surface area contributed by atoms with Gasteiger partial charge >= 0.3 is 0 Å². The SMILES string of the molecule is C[C@@H]1Cc2c(C(=O)NCC3(n4cncn4)CC3)n[nH]c2[C@H](C)O1. The second-order valence-electron chi connectivity index (χ2n) is 6.50. The molecule has 0 aromatic carbocycles. The van der Waals surface area contributed by atoms with E-state index in [-0.39, 0.29) is 23.7 Å². The first kappa shape index (κ1) is 14.4. The summed E-state index contributed by atoms with van der Waals surface area (Å²) in [7, 11) is 0. The fourth-order valence-corrected chi connectivity index (χ4v) is 3.27. The second-order valence-corrected chi connectivity index (χ2v) is 6.50. The third-order valence-corrected chi connectivity index (χ3v) is 4.76. The Labute approximate surface area is 133 Å². The Morgan fingerprint density at radius 1 is 1.52 bits per heavy atom. The molecule has 2 N–H and O–H groups in total. The van der Waals surface area contributed by atoms with E-state index in [9.17, 15) is 4.79 Å². The largest absolute Gasteiger partial charge is 0.369 e. The van der Waals surface area contributed by atoms with E-state index in [2.05, 4.69) is 25.6 Å².